The lowest BCUT2D eigenvalue weighted by molar-refractivity contribution is 0.0955. The fourth-order valence-corrected chi connectivity index (χ4v) is 5.81. The zero-order valence-electron chi connectivity index (χ0n) is 16.6. The quantitative estimate of drug-likeness (QED) is 0.520. The van der Waals surface area contributed by atoms with Gasteiger partial charge in [0.05, 0.1) is 15.3 Å². The molecule has 7 nitrogen and oxygen atoms in total. The fraction of sp³-hybridized carbons (Fsp3) is 0.368. The van der Waals surface area contributed by atoms with Crippen LogP contribution < -0.4 is 14.9 Å². The maximum absolute atomic E-state index is 12.5. The van der Waals surface area contributed by atoms with E-state index in [1.807, 2.05) is 18.2 Å². The SMILES string of the molecule is CCN(CC)c1nc2sc(C(=O)NCc3ccc(CS(=O)(=O)NC)cc3)cc2s1. The van der Waals surface area contributed by atoms with E-state index in [2.05, 4.69) is 33.8 Å². The molecule has 0 aliphatic heterocycles. The summed E-state index contributed by atoms with van der Waals surface area (Å²) in [7, 11) is -1.90. The van der Waals surface area contributed by atoms with E-state index in [9.17, 15) is 13.2 Å². The molecule has 0 radical (unpaired) electrons. The number of carbonyl (C=O) groups is 1. The maximum Gasteiger partial charge on any atom is 0.261 e. The third-order valence-corrected chi connectivity index (χ3v) is 8.03. The van der Waals surface area contributed by atoms with E-state index < -0.39 is 10.0 Å². The van der Waals surface area contributed by atoms with Crippen molar-refractivity contribution in [1.29, 1.82) is 0 Å². The van der Waals surface area contributed by atoms with Crippen LogP contribution in [-0.4, -0.2) is 39.4 Å². The van der Waals surface area contributed by atoms with Crippen molar-refractivity contribution in [3.63, 3.8) is 0 Å². The molecule has 29 heavy (non-hydrogen) atoms. The van der Waals surface area contributed by atoms with Gasteiger partial charge in [-0.25, -0.2) is 18.1 Å². The molecule has 0 atom stereocenters. The largest absolute Gasteiger partial charge is 0.349 e. The minimum absolute atomic E-state index is 0.0649. The summed E-state index contributed by atoms with van der Waals surface area (Å²) in [5.74, 6) is -0.198. The van der Waals surface area contributed by atoms with E-state index in [0.717, 1.165) is 33.3 Å². The summed E-state index contributed by atoms with van der Waals surface area (Å²) in [4.78, 5) is 20.9. The van der Waals surface area contributed by atoms with E-state index in [1.54, 1.807) is 23.5 Å². The summed E-state index contributed by atoms with van der Waals surface area (Å²) in [6, 6.07) is 9.06. The number of amides is 1. The highest BCUT2D eigenvalue weighted by molar-refractivity contribution is 7.88. The van der Waals surface area contributed by atoms with Crippen LogP contribution in [0.5, 0.6) is 0 Å². The van der Waals surface area contributed by atoms with Crippen molar-refractivity contribution < 1.29 is 13.2 Å². The highest BCUT2D eigenvalue weighted by Crippen LogP contribution is 2.34. The number of sulfonamides is 1. The molecule has 0 unspecified atom stereocenters. The molecule has 2 aromatic heterocycles. The molecule has 1 amide bonds. The maximum atomic E-state index is 12.5. The van der Waals surface area contributed by atoms with Crippen molar-refractivity contribution >= 4 is 53.3 Å². The Kier molecular flexibility index (Phi) is 6.89. The van der Waals surface area contributed by atoms with Gasteiger partial charge in [-0.1, -0.05) is 35.6 Å². The first-order chi connectivity index (χ1) is 13.8. The van der Waals surface area contributed by atoms with Crippen LogP contribution in [0.15, 0.2) is 30.3 Å². The van der Waals surface area contributed by atoms with E-state index in [0.29, 0.717) is 17.0 Å². The van der Waals surface area contributed by atoms with E-state index in [4.69, 9.17) is 0 Å². The summed E-state index contributed by atoms with van der Waals surface area (Å²) in [5.41, 5.74) is 1.60. The Morgan fingerprint density at radius 2 is 1.76 bits per heavy atom. The van der Waals surface area contributed by atoms with E-state index >= 15 is 0 Å². The number of thiophene rings is 1. The minimum atomic E-state index is -3.29. The Morgan fingerprint density at radius 3 is 2.34 bits per heavy atom. The van der Waals surface area contributed by atoms with Crippen LogP contribution in [-0.2, 0) is 22.3 Å². The summed E-state index contributed by atoms with van der Waals surface area (Å²) in [6.07, 6.45) is 0. The number of carbonyl (C=O) groups excluding carboxylic acids is 1. The first kappa shape index (κ1) is 21.7. The van der Waals surface area contributed by atoms with Crippen molar-refractivity contribution in [3.8, 4) is 0 Å². The number of benzene rings is 1. The van der Waals surface area contributed by atoms with Crippen LogP contribution in [0.2, 0.25) is 0 Å². The van der Waals surface area contributed by atoms with Crippen molar-refractivity contribution in [1.82, 2.24) is 15.0 Å². The van der Waals surface area contributed by atoms with Gasteiger partial charge in [0.15, 0.2) is 5.13 Å². The molecule has 10 heteroatoms. The molecule has 0 spiro atoms. The zero-order chi connectivity index (χ0) is 21.0. The van der Waals surface area contributed by atoms with Crippen LogP contribution in [0, 0.1) is 0 Å². The molecule has 0 fully saturated rings. The summed E-state index contributed by atoms with van der Waals surface area (Å²) < 4.78 is 26.5. The number of fused-ring (bicyclic) bond motifs is 1. The van der Waals surface area contributed by atoms with Crippen molar-refractivity contribution in [2.75, 3.05) is 25.0 Å². The van der Waals surface area contributed by atoms with Crippen LogP contribution >= 0.6 is 22.7 Å². The number of hydrogen-bond acceptors (Lipinski definition) is 7. The molecular weight excluding hydrogens is 428 g/mol. The topological polar surface area (TPSA) is 91.4 Å². The minimum Gasteiger partial charge on any atom is -0.349 e. The number of anilines is 1. The Hall–Kier alpha value is -2.01. The Bertz CT molecular complexity index is 1050. The highest BCUT2D eigenvalue weighted by atomic mass is 32.2. The van der Waals surface area contributed by atoms with Gasteiger partial charge < -0.3 is 10.2 Å². The molecule has 3 aromatic rings. The average molecular weight is 453 g/mol. The second kappa shape index (κ2) is 9.21. The van der Waals surface area contributed by atoms with Gasteiger partial charge in [0.1, 0.15) is 4.83 Å². The second-order valence-corrected chi connectivity index (χ2v) is 10.4. The molecule has 0 bridgehead atoms. The van der Waals surface area contributed by atoms with Crippen LogP contribution in [0.25, 0.3) is 9.53 Å². The first-order valence-electron chi connectivity index (χ1n) is 9.27. The molecule has 0 saturated carbocycles. The van der Waals surface area contributed by atoms with Gasteiger partial charge in [-0.15, -0.1) is 11.3 Å². The zero-order valence-corrected chi connectivity index (χ0v) is 19.0. The first-order valence-corrected chi connectivity index (χ1v) is 12.6. The third kappa shape index (κ3) is 5.33. The summed E-state index contributed by atoms with van der Waals surface area (Å²) in [6.45, 7) is 6.39. The number of nitrogens with zero attached hydrogens (tertiary/aromatic N) is 2. The fourth-order valence-electron chi connectivity index (χ4n) is 2.78. The summed E-state index contributed by atoms with van der Waals surface area (Å²) in [5, 5.41) is 3.90. The van der Waals surface area contributed by atoms with E-state index in [-0.39, 0.29) is 11.7 Å². The van der Waals surface area contributed by atoms with Gasteiger partial charge >= 0.3 is 0 Å². The molecule has 2 heterocycles. The second-order valence-electron chi connectivity index (χ2n) is 6.41. The van der Waals surface area contributed by atoms with Crippen molar-refractivity contribution in [2.45, 2.75) is 26.1 Å². The van der Waals surface area contributed by atoms with Gasteiger partial charge in [0.25, 0.3) is 5.91 Å². The molecule has 3 rings (SSSR count). The lowest BCUT2D eigenvalue weighted by atomic mass is 10.1. The van der Waals surface area contributed by atoms with Crippen LogP contribution in [0.1, 0.15) is 34.6 Å². The molecule has 0 aliphatic carbocycles. The smallest absolute Gasteiger partial charge is 0.261 e. The normalized spacial score (nSPS) is 11.7. The van der Waals surface area contributed by atoms with E-state index in [1.165, 1.54) is 18.4 Å². The number of thiazole rings is 1. The number of hydrogen-bond donors (Lipinski definition) is 2. The predicted octanol–water partition coefficient (Wildman–Crippen LogP) is 3.18. The number of rotatable bonds is 9. The Morgan fingerprint density at radius 1 is 1.10 bits per heavy atom. The van der Waals surface area contributed by atoms with Gasteiger partial charge in [0.2, 0.25) is 10.0 Å². The standard InChI is InChI=1S/C19H24N4O3S3/c1-4-23(5-2)19-22-18-16(28-19)10-15(27-18)17(24)21-11-13-6-8-14(9-7-13)12-29(25,26)20-3/h6-10,20H,4-5,11-12H2,1-3H3,(H,21,24). The number of aromatic nitrogens is 1. The Balaban J connectivity index is 1.61. The molecule has 0 saturated heterocycles. The highest BCUT2D eigenvalue weighted by Gasteiger charge is 2.16. The van der Waals surface area contributed by atoms with Crippen LogP contribution in [0.4, 0.5) is 5.13 Å². The lowest BCUT2D eigenvalue weighted by Gasteiger charge is -2.16. The molecular formula is C19H24N4O3S3. The molecule has 156 valence electrons. The molecule has 2 N–H and O–H groups in total. The van der Waals surface area contributed by atoms with Crippen LogP contribution in [0.3, 0.4) is 0 Å². The Labute approximate surface area is 178 Å². The van der Waals surface area contributed by atoms with Gasteiger partial charge in [0, 0.05) is 19.6 Å². The molecule has 1 aromatic carbocycles. The third-order valence-electron chi connectivity index (χ3n) is 4.48. The number of nitrogens with one attached hydrogen (secondary N) is 2. The lowest BCUT2D eigenvalue weighted by Crippen LogP contribution is -2.22. The monoisotopic (exact) mass is 452 g/mol. The van der Waals surface area contributed by atoms with Crippen molar-refractivity contribution in [3.05, 3.63) is 46.3 Å². The predicted molar refractivity (Wildman–Crippen MR) is 120 cm³/mol. The van der Waals surface area contributed by atoms with Crippen molar-refractivity contribution in [2.24, 2.45) is 0 Å². The van der Waals surface area contributed by atoms with Gasteiger partial charge in [-0.05, 0) is 38.1 Å². The summed E-state index contributed by atoms with van der Waals surface area (Å²) >= 11 is 3.00. The average Bonchev–Trinajstić information content (AvgIpc) is 3.27. The molecule has 0 aliphatic rings. The van der Waals surface area contributed by atoms with Gasteiger partial charge in [-0.2, -0.15) is 0 Å². The van der Waals surface area contributed by atoms with Gasteiger partial charge in [-0.3, -0.25) is 4.79 Å².